The first-order chi connectivity index (χ1) is 9.97. The van der Waals surface area contributed by atoms with Crippen molar-refractivity contribution in [3.8, 4) is 0 Å². The lowest BCUT2D eigenvalue weighted by Crippen LogP contribution is -2.37. The van der Waals surface area contributed by atoms with Gasteiger partial charge in [-0.05, 0) is 29.8 Å². The van der Waals surface area contributed by atoms with Crippen LogP contribution >= 0.6 is 11.6 Å². The van der Waals surface area contributed by atoms with Crippen LogP contribution in [0, 0.1) is 5.82 Å². The van der Waals surface area contributed by atoms with E-state index < -0.39 is 23.7 Å². The summed E-state index contributed by atoms with van der Waals surface area (Å²) in [5.41, 5.74) is 5.70. The number of nitrogens with one attached hydrogen (secondary N) is 1. The first-order valence-corrected chi connectivity index (χ1v) is 6.32. The molecule has 0 spiro atoms. The number of rotatable bonds is 4. The molecule has 2 amide bonds. The number of nitrogens with two attached hydrogens (primary N) is 1. The minimum Gasteiger partial charge on any atom is -0.368 e. The second-order valence-corrected chi connectivity index (χ2v) is 4.66. The highest BCUT2D eigenvalue weighted by molar-refractivity contribution is 6.30. The molecule has 0 unspecified atom stereocenters. The van der Waals surface area contributed by atoms with E-state index in [-0.39, 0.29) is 5.69 Å². The molecular weight excluding hydrogens is 297 g/mol. The van der Waals surface area contributed by atoms with E-state index in [1.54, 1.807) is 0 Å². The van der Waals surface area contributed by atoms with Gasteiger partial charge in [0, 0.05) is 11.2 Å². The monoisotopic (exact) mass is 307 g/mol. The number of nitrogens with zero attached hydrogens (tertiary/aromatic N) is 1. The summed E-state index contributed by atoms with van der Waals surface area (Å²) < 4.78 is 12.9. The number of primary amides is 1. The number of halogens is 2. The predicted octanol–water partition coefficient (Wildman–Crippen LogP) is 1.83. The van der Waals surface area contributed by atoms with Crippen molar-refractivity contribution < 1.29 is 14.0 Å². The molecule has 108 valence electrons. The van der Waals surface area contributed by atoms with Gasteiger partial charge in [-0.2, -0.15) is 0 Å². The Bertz CT molecular complexity index is 676. The van der Waals surface area contributed by atoms with Crippen molar-refractivity contribution in [2.75, 3.05) is 0 Å². The highest BCUT2D eigenvalue weighted by Crippen LogP contribution is 2.15. The third-order valence-electron chi connectivity index (χ3n) is 2.72. The first kappa shape index (κ1) is 14.9. The van der Waals surface area contributed by atoms with Crippen LogP contribution in [-0.4, -0.2) is 16.8 Å². The highest BCUT2D eigenvalue weighted by Gasteiger charge is 2.21. The number of hydrogen-bond acceptors (Lipinski definition) is 3. The minimum atomic E-state index is -1.08. The fraction of sp³-hybridized carbons (Fsp3) is 0.0714. The van der Waals surface area contributed by atoms with Crippen molar-refractivity contribution in [3.63, 3.8) is 0 Å². The lowest BCUT2D eigenvalue weighted by Gasteiger charge is -2.15. The van der Waals surface area contributed by atoms with Gasteiger partial charge in [0.2, 0.25) is 5.91 Å². The van der Waals surface area contributed by atoms with Gasteiger partial charge in [0.25, 0.3) is 5.91 Å². The minimum absolute atomic E-state index is 0.0517. The van der Waals surface area contributed by atoms with Crippen LogP contribution in [0.15, 0.2) is 42.6 Å². The molecule has 0 aliphatic carbocycles. The lowest BCUT2D eigenvalue weighted by molar-refractivity contribution is -0.120. The maximum Gasteiger partial charge on any atom is 0.270 e. The first-order valence-electron chi connectivity index (χ1n) is 5.94. The summed E-state index contributed by atoms with van der Waals surface area (Å²) in [6.45, 7) is 0. The van der Waals surface area contributed by atoms with E-state index in [1.807, 2.05) is 0 Å². The standard InChI is InChI=1S/C14H11ClFN3O2/c15-9-5-6-18-11(7-9)14(21)19-12(13(17)20)8-1-3-10(16)4-2-8/h1-7,12H,(H2,17,20)(H,19,21)/t12-/m1/s1. The summed E-state index contributed by atoms with van der Waals surface area (Å²) in [4.78, 5) is 27.4. The zero-order chi connectivity index (χ0) is 15.4. The van der Waals surface area contributed by atoms with E-state index in [0.29, 0.717) is 10.6 Å². The molecule has 1 aromatic carbocycles. The topological polar surface area (TPSA) is 85.1 Å². The molecule has 21 heavy (non-hydrogen) atoms. The Kier molecular flexibility index (Phi) is 4.49. The number of benzene rings is 1. The van der Waals surface area contributed by atoms with Gasteiger partial charge in [0.05, 0.1) is 0 Å². The summed E-state index contributed by atoms with van der Waals surface area (Å²) in [5.74, 6) is -1.83. The van der Waals surface area contributed by atoms with E-state index in [1.165, 1.54) is 42.6 Å². The molecule has 3 N–H and O–H groups in total. The van der Waals surface area contributed by atoms with Gasteiger partial charge in [-0.1, -0.05) is 23.7 Å². The Labute approximate surface area is 124 Å². The third-order valence-corrected chi connectivity index (χ3v) is 2.95. The average Bonchev–Trinajstić information content (AvgIpc) is 2.45. The molecule has 0 bridgehead atoms. The number of pyridine rings is 1. The maximum atomic E-state index is 12.9. The van der Waals surface area contributed by atoms with Crippen LogP contribution in [0.2, 0.25) is 5.02 Å². The summed E-state index contributed by atoms with van der Waals surface area (Å²) in [5, 5.41) is 2.78. The zero-order valence-electron chi connectivity index (χ0n) is 10.7. The van der Waals surface area contributed by atoms with Crippen molar-refractivity contribution in [1.82, 2.24) is 10.3 Å². The van der Waals surface area contributed by atoms with Gasteiger partial charge in [0.1, 0.15) is 17.6 Å². The summed E-state index contributed by atoms with van der Waals surface area (Å²) in [7, 11) is 0. The molecule has 0 saturated heterocycles. The second kappa shape index (κ2) is 6.32. The number of carbonyl (C=O) groups is 2. The smallest absolute Gasteiger partial charge is 0.270 e. The predicted molar refractivity (Wildman–Crippen MR) is 75.0 cm³/mol. The number of carbonyl (C=O) groups excluding carboxylic acids is 2. The number of hydrogen-bond donors (Lipinski definition) is 2. The van der Waals surface area contributed by atoms with E-state index >= 15 is 0 Å². The van der Waals surface area contributed by atoms with Crippen LogP contribution in [0.5, 0.6) is 0 Å². The van der Waals surface area contributed by atoms with Crippen LogP contribution in [0.1, 0.15) is 22.1 Å². The summed E-state index contributed by atoms with van der Waals surface area (Å²) in [6.07, 6.45) is 1.37. The van der Waals surface area contributed by atoms with Gasteiger partial charge in [-0.15, -0.1) is 0 Å². The Balaban J connectivity index is 2.22. The van der Waals surface area contributed by atoms with Crippen LogP contribution in [0.3, 0.4) is 0 Å². The SMILES string of the molecule is NC(=O)[C@H](NC(=O)c1cc(Cl)ccn1)c1ccc(F)cc1. The van der Waals surface area contributed by atoms with E-state index in [9.17, 15) is 14.0 Å². The van der Waals surface area contributed by atoms with Crippen LogP contribution in [0.25, 0.3) is 0 Å². The van der Waals surface area contributed by atoms with Crippen LogP contribution in [0.4, 0.5) is 4.39 Å². The molecule has 7 heteroatoms. The van der Waals surface area contributed by atoms with Crippen molar-refractivity contribution in [2.24, 2.45) is 5.73 Å². The Hall–Kier alpha value is -2.47. The van der Waals surface area contributed by atoms with Gasteiger partial charge in [0.15, 0.2) is 0 Å². The van der Waals surface area contributed by atoms with Gasteiger partial charge >= 0.3 is 0 Å². The molecule has 1 heterocycles. The zero-order valence-corrected chi connectivity index (χ0v) is 11.5. The maximum absolute atomic E-state index is 12.9. The quantitative estimate of drug-likeness (QED) is 0.903. The van der Waals surface area contributed by atoms with Gasteiger partial charge in [-0.25, -0.2) is 4.39 Å². The highest BCUT2D eigenvalue weighted by atomic mass is 35.5. The molecule has 0 saturated carbocycles. The summed E-state index contributed by atoms with van der Waals surface area (Å²) >= 11 is 5.77. The lowest BCUT2D eigenvalue weighted by atomic mass is 10.1. The molecule has 0 fully saturated rings. The van der Waals surface area contributed by atoms with Crippen molar-refractivity contribution in [1.29, 1.82) is 0 Å². The molecule has 0 aliphatic rings. The van der Waals surface area contributed by atoms with E-state index in [2.05, 4.69) is 10.3 Å². The molecule has 2 aromatic rings. The van der Waals surface area contributed by atoms with Crippen molar-refractivity contribution >= 4 is 23.4 Å². The van der Waals surface area contributed by atoms with E-state index in [4.69, 9.17) is 17.3 Å². The molecule has 1 atom stereocenters. The molecule has 0 aliphatic heterocycles. The Morgan fingerprint density at radius 2 is 1.90 bits per heavy atom. The van der Waals surface area contributed by atoms with Crippen molar-refractivity contribution in [2.45, 2.75) is 6.04 Å². The third kappa shape index (κ3) is 3.76. The van der Waals surface area contributed by atoms with Gasteiger partial charge < -0.3 is 11.1 Å². The Morgan fingerprint density at radius 3 is 2.48 bits per heavy atom. The Morgan fingerprint density at radius 1 is 1.24 bits per heavy atom. The largest absolute Gasteiger partial charge is 0.368 e. The molecule has 2 rings (SSSR count). The fourth-order valence-electron chi connectivity index (χ4n) is 1.71. The summed E-state index contributed by atoms with van der Waals surface area (Å²) in [6, 6.07) is 6.89. The van der Waals surface area contributed by atoms with Gasteiger partial charge in [-0.3, -0.25) is 14.6 Å². The molecular formula is C14H11ClFN3O2. The normalized spacial score (nSPS) is 11.7. The second-order valence-electron chi connectivity index (χ2n) is 4.22. The van der Waals surface area contributed by atoms with Crippen LogP contribution in [-0.2, 0) is 4.79 Å². The molecule has 1 aromatic heterocycles. The van der Waals surface area contributed by atoms with E-state index in [0.717, 1.165) is 0 Å². The number of aromatic nitrogens is 1. The average molecular weight is 308 g/mol. The number of amides is 2. The molecule has 5 nitrogen and oxygen atoms in total. The van der Waals surface area contributed by atoms with Crippen LogP contribution < -0.4 is 11.1 Å². The fourth-order valence-corrected chi connectivity index (χ4v) is 1.87. The molecule has 0 radical (unpaired) electrons. The van der Waals surface area contributed by atoms with Crippen molar-refractivity contribution in [3.05, 3.63) is 64.7 Å².